The van der Waals surface area contributed by atoms with Crippen LogP contribution in [0.25, 0.3) is 11.0 Å². The first-order valence-electron chi connectivity index (χ1n) is 11.0. The van der Waals surface area contributed by atoms with Crippen LogP contribution in [0.15, 0.2) is 53.3 Å². The number of halogens is 1. The van der Waals surface area contributed by atoms with Crippen molar-refractivity contribution in [3.63, 3.8) is 0 Å². The Balaban J connectivity index is 1.44. The van der Waals surface area contributed by atoms with Crippen LogP contribution in [-0.2, 0) is 17.9 Å². The van der Waals surface area contributed by atoms with Crippen molar-refractivity contribution < 1.29 is 4.79 Å². The van der Waals surface area contributed by atoms with Gasteiger partial charge in [-0.15, -0.1) is 0 Å². The number of imidazole rings is 1. The maximum absolute atomic E-state index is 12.8. The second kappa shape index (κ2) is 9.71. The average molecular weight is 441 g/mol. The van der Waals surface area contributed by atoms with E-state index in [1.54, 1.807) is 9.13 Å². The van der Waals surface area contributed by atoms with Gasteiger partial charge in [0.25, 0.3) is 0 Å². The number of amides is 1. The molecule has 0 radical (unpaired) electrons. The van der Waals surface area contributed by atoms with Gasteiger partial charge >= 0.3 is 5.69 Å². The van der Waals surface area contributed by atoms with Crippen molar-refractivity contribution >= 4 is 28.5 Å². The van der Waals surface area contributed by atoms with Crippen LogP contribution in [-0.4, -0.2) is 39.6 Å². The van der Waals surface area contributed by atoms with Crippen LogP contribution in [0, 0.1) is 0 Å². The van der Waals surface area contributed by atoms with Crippen molar-refractivity contribution in [2.24, 2.45) is 0 Å². The Bertz CT molecular complexity index is 1110. The first kappa shape index (κ1) is 21.7. The zero-order valence-corrected chi connectivity index (χ0v) is 18.6. The smallest absolute Gasteiger partial charge is 0.329 e. The van der Waals surface area contributed by atoms with Crippen molar-refractivity contribution in [2.45, 2.75) is 45.3 Å². The van der Waals surface area contributed by atoms with Crippen molar-refractivity contribution in [3.05, 3.63) is 69.6 Å². The number of hydrogen-bond acceptors (Lipinski definition) is 3. The Labute approximate surface area is 187 Å². The highest BCUT2D eigenvalue weighted by Gasteiger charge is 2.25. The van der Waals surface area contributed by atoms with E-state index in [2.05, 4.69) is 10.2 Å². The number of likely N-dealkylation sites (tertiary alicyclic amines) is 1. The van der Waals surface area contributed by atoms with Gasteiger partial charge in [-0.25, -0.2) is 4.79 Å². The molecule has 1 saturated heterocycles. The molecule has 1 fully saturated rings. The summed E-state index contributed by atoms with van der Waals surface area (Å²) in [6, 6.07) is 15.6. The molecule has 0 aliphatic carbocycles. The van der Waals surface area contributed by atoms with E-state index >= 15 is 0 Å². The molecule has 1 unspecified atom stereocenters. The lowest BCUT2D eigenvalue weighted by molar-refractivity contribution is -0.121. The number of benzene rings is 2. The van der Waals surface area contributed by atoms with Crippen LogP contribution in [0.3, 0.4) is 0 Å². The van der Waals surface area contributed by atoms with Crippen molar-refractivity contribution in [1.29, 1.82) is 0 Å². The van der Waals surface area contributed by atoms with Gasteiger partial charge in [-0.05, 0) is 56.6 Å². The minimum Gasteiger partial charge on any atom is -0.354 e. The highest BCUT2D eigenvalue weighted by atomic mass is 35.5. The predicted molar refractivity (Wildman–Crippen MR) is 124 cm³/mol. The van der Waals surface area contributed by atoms with E-state index in [0.29, 0.717) is 19.6 Å². The standard InChI is InChI=1S/C24H29ClN4O2/c1-2-28-20-11-5-6-12-21(20)29(24(28)31)16-13-23(30)26-17-22(27-14-7-8-15-27)18-9-3-4-10-19(18)25/h3-6,9-12,22H,2,7-8,13-17H2,1H3,(H,26,30). The first-order valence-corrected chi connectivity index (χ1v) is 11.4. The van der Waals surface area contributed by atoms with Gasteiger partial charge in [0, 0.05) is 31.1 Å². The summed E-state index contributed by atoms with van der Waals surface area (Å²) in [5, 5.41) is 3.81. The molecule has 1 aromatic heterocycles. The fourth-order valence-electron chi connectivity index (χ4n) is 4.54. The third kappa shape index (κ3) is 4.55. The minimum atomic E-state index is -0.0671. The second-order valence-corrected chi connectivity index (χ2v) is 8.41. The van der Waals surface area contributed by atoms with Crippen molar-refractivity contribution in [1.82, 2.24) is 19.4 Å². The van der Waals surface area contributed by atoms with E-state index in [4.69, 9.17) is 11.6 Å². The second-order valence-electron chi connectivity index (χ2n) is 8.00. The fourth-order valence-corrected chi connectivity index (χ4v) is 4.80. The molecule has 164 valence electrons. The molecule has 1 amide bonds. The number of carbonyl (C=O) groups is 1. The first-order chi connectivity index (χ1) is 15.1. The largest absolute Gasteiger partial charge is 0.354 e. The summed E-state index contributed by atoms with van der Waals surface area (Å²) in [6.07, 6.45) is 2.59. The molecule has 1 aliphatic heterocycles. The molecule has 0 spiro atoms. The van der Waals surface area contributed by atoms with E-state index in [9.17, 15) is 9.59 Å². The zero-order chi connectivity index (χ0) is 21.8. The van der Waals surface area contributed by atoms with Crippen LogP contribution in [0.5, 0.6) is 0 Å². The maximum atomic E-state index is 12.8. The Morgan fingerprint density at radius 3 is 2.35 bits per heavy atom. The normalized spacial score (nSPS) is 15.4. The number of aryl methyl sites for hydroxylation is 2. The van der Waals surface area contributed by atoms with Crippen LogP contribution < -0.4 is 11.0 Å². The van der Waals surface area contributed by atoms with Gasteiger partial charge in [0.05, 0.1) is 17.1 Å². The van der Waals surface area contributed by atoms with E-state index in [1.165, 1.54) is 12.8 Å². The molecule has 0 saturated carbocycles. The molecule has 1 N–H and O–H groups in total. The molecule has 0 bridgehead atoms. The molecule has 2 heterocycles. The highest BCUT2D eigenvalue weighted by Crippen LogP contribution is 2.29. The van der Waals surface area contributed by atoms with Crippen LogP contribution in [0.2, 0.25) is 5.02 Å². The van der Waals surface area contributed by atoms with Gasteiger partial charge in [-0.3, -0.25) is 18.8 Å². The molecule has 1 aliphatic rings. The lowest BCUT2D eigenvalue weighted by atomic mass is 10.1. The van der Waals surface area contributed by atoms with E-state index in [0.717, 1.165) is 34.7 Å². The Morgan fingerprint density at radius 1 is 1.03 bits per heavy atom. The van der Waals surface area contributed by atoms with E-state index < -0.39 is 0 Å². The van der Waals surface area contributed by atoms with Crippen LogP contribution >= 0.6 is 11.6 Å². The predicted octanol–water partition coefficient (Wildman–Crippen LogP) is 3.82. The maximum Gasteiger partial charge on any atom is 0.329 e. The summed E-state index contributed by atoms with van der Waals surface area (Å²) in [6.45, 7) is 5.45. The molecule has 3 aromatic rings. The van der Waals surface area contributed by atoms with Gasteiger partial charge in [-0.2, -0.15) is 0 Å². The Morgan fingerprint density at radius 2 is 1.68 bits per heavy atom. The van der Waals surface area contributed by atoms with Gasteiger partial charge in [0.1, 0.15) is 0 Å². The fraction of sp³-hybridized carbons (Fsp3) is 0.417. The monoisotopic (exact) mass is 440 g/mol. The number of carbonyl (C=O) groups excluding carboxylic acids is 1. The summed E-state index contributed by atoms with van der Waals surface area (Å²) in [4.78, 5) is 27.8. The van der Waals surface area contributed by atoms with E-state index in [-0.39, 0.29) is 24.1 Å². The molecular weight excluding hydrogens is 412 g/mol. The van der Waals surface area contributed by atoms with Gasteiger partial charge in [0.15, 0.2) is 0 Å². The van der Waals surface area contributed by atoms with Crippen LogP contribution in [0.1, 0.15) is 37.8 Å². The molecule has 1 atom stereocenters. The van der Waals surface area contributed by atoms with Crippen molar-refractivity contribution in [2.75, 3.05) is 19.6 Å². The molecule has 2 aromatic carbocycles. The van der Waals surface area contributed by atoms with Gasteiger partial charge < -0.3 is 5.32 Å². The zero-order valence-electron chi connectivity index (χ0n) is 17.9. The number of hydrogen-bond donors (Lipinski definition) is 1. The van der Waals surface area contributed by atoms with Crippen LogP contribution in [0.4, 0.5) is 0 Å². The summed E-state index contributed by atoms with van der Waals surface area (Å²) in [5.41, 5.74) is 2.76. The molecule has 31 heavy (non-hydrogen) atoms. The third-order valence-corrected chi connectivity index (χ3v) is 6.49. The number of para-hydroxylation sites is 2. The summed E-state index contributed by atoms with van der Waals surface area (Å²) >= 11 is 6.46. The van der Waals surface area contributed by atoms with E-state index in [1.807, 2.05) is 55.5 Å². The SMILES string of the molecule is CCn1c(=O)n(CCC(=O)NCC(c2ccccc2Cl)N2CCCC2)c2ccccc21. The summed E-state index contributed by atoms with van der Waals surface area (Å²) in [5.74, 6) is -0.0588. The Hall–Kier alpha value is -2.57. The average Bonchev–Trinajstić information content (AvgIpc) is 3.40. The lowest BCUT2D eigenvalue weighted by Crippen LogP contribution is -2.37. The van der Waals surface area contributed by atoms with Gasteiger partial charge in [0.2, 0.25) is 5.91 Å². The number of aromatic nitrogens is 2. The van der Waals surface area contributed by atoms with Crippen molar-refractivity contribution in [3.8, 4) is 0 Å². The topological polar surface area (TPSA) is 59.3 Å². The van der Waals surface area contributed by atoms with Gasteiger partial charge in [-0.1, -0.05) is 41.9 Å². The molecule has 7 heteroatoms. The molecule has 6 nitrogen and oxygen atoms in total. The summed E-state index contributed by atoms with van der Waals surface area (Å²) in [7, 11) is 0. The summed E-state index contributed by atoms with van der Waals surface area (Å²) < 4.78 is 3.44. The number of nitrogens with one attached hydrogen (secondary N) is 1. The third-order valence-electron chi connectivity index (χ3n) is 6.14. The quantitative estimate of drug-likeness (QED) is 0.579. The minimum absolute atomic E-state index is 0.0588. The highest BCUT2D eigenvalue weighted by molar-refractivity contribution is 6.31. The molecular formula is C24H29ClN4O2. The number of nitrogens with zero attached hydrogens (tertiary/aromatic N) is 3. The number of rotatable bonds is 8. The number of fused-ring (bicyclic) bond motifs is 1. The lowest BCUT2D eigenvalue weighted by Gasteiger charge is -2.29. The Kier molecular flexibility index (Phi) is 6.78. The molecule has 4 rings (SSSR count).